The van der Waals surface area contributed by atoms with Crippen LogP contribution in [0.1, 0.15) is 24.8 Å². The molecule has 0 radical (unpaired) electrons. The molecule has 8 nitrogen and oxygen atoms in total. The van der Waals surface area contributed by atoms with E-state index in [4.69, 9.17) is 22.4 Å². The Morgan fingerprint density at radius 2 is 1.94 bits per heavy atom. The van der Waals surface area contributed by atoms with Gasteiger partial charge < -0.3 is 5.73 Å². The molecule has 2 aliphatic rings. The topological polar surface area (TPSA) is 93.2 Å². The Kier molecular flexibility index (Phi) is 5.60. The first kappa shape index (κ1) is 21.2. The van der Waals surface area contributed by atoms with Gasteiger partial charge in [-0.05, 0) is 49.8 Å². The zero-order valence-electron chi connectivity index (χ0n) is 18.2. The number of allylic oxidation sites excluding steroid dienone is 4. The first-order chi connectivity index (χ1) is 16.0. The zero-order chi connectivity index (χ0) is 22.9. The van der Waals surface area contributed by atoms with E-state index in [0.717, 1.165) is 29.2 Å². The number of hydrogen-bond donors (Lipinski definition) is 1. The molecular weight excluding hydrogens is 438 g/mol. The van der Waals surface area contributed by atoms with Gasteiger partial charge in [0.25, 0.3) is 0 Å². The van der Waals surface area contributed by atoms with Crippen LogP contribution in [0.4, 0.5) is 16.4 Å². The highest BCUT2D eigenvalue weighted by Gasteiger charge is 2.33. The van der Waals surface area contributed by atoms with Crippen LogP contribution in [0.3, 0.4) is 0 Å². The molecule has 2 N–H and O–H groups in total. The molecule has 0 bridgehead atoms. The van der Waals surface area contributed by atoms with Crippen LogP contribution in [0.2, 0.25) is 5.02 Å². The van der Waals surface area contributed by atoms with E-state index in [9.17, 15) is 4.79 Å². The number of nitrogen functional groups attached to an aromatic ring is 1. The maximum absolute atomic E-state index is 13.2. The first-order valence-electron chi connectivity index (χ1n) is 10.9. The van der Waals surface area contributed by atoms with Gasteiger partial charge in [0.2, 0.25) is 5.95 Å². The minimum absolute atomic E-state index is 0.0225. The third-order valence-electron chi connectivity index (χ3n) is 5.99. The van der Waals surface area contributed by atoms with Crippen molar-refractivity contribution in [2.75, 3.05) is 23.7 Å². The van der Waals surface area contributed by atoms with Crippen LogP contribution in [-0.2, 0) is 6.54 Å². The van der Waals surface area contributed by atoms with Crippen molar-refractivity contribution in [3.63, 3.8) is 0 Å². The number of nitrogens with two attached hydrogens (primary N) is 1. The SMILES string of the molecule is CCn1cc(C2C=CC=C(N3CCN(c4ccc(Cl)cc4)C3=O)C2)c(-c2ccnc(N)n2)n1. The molecule has 168 valence electrons. The zero-order valence-corrected chi connectivity index (χ0v) is 19.0. The molecule has 1 aromatic carbocycles. The Labute approximate surface area is 197 Å². The maximum Gasteiger partial charge on any atom is 0.328 e. The number of rotatable bonds is 5. The van der Waals surface area contributed by atoms with E-state index in [1.807, 2.05) is 46.9 Å². The van der Waals surface area contributed by atoms with E-state index < -0.39 is 0 Å². The highest BCUT2D eigenvalue weighted by atomic mass is 35.5. The second-order valence-electron chi connectivity index (χ2n) is 8.00. The predicted octanol–water partition coefficient (Wildman–Crippen LogP) is 4.47. The second-order valence-corrected chi connectivity index (χ2v) is 8.44. The maximum atomic E-state index is 13.2. The smallest absolute Gasteiger partial charge is 0.328 e. The first-order valence-corrected chi connectivity index (χ1v) is 11.3. The standard InChI is InChI=1S/C24H24ClN7O/c1-2-30-15-20(22(29-30)21-10-11-27-23(26)28-21)16-4-3-5-19(14-16)32-13-12-31(24(32)33)18-8-6-17(25)7-9-18/h3-11,15-16H,2,12-14H2,1H3,(H2,26,27,28). The van der Waals surface area contributed by atoms with E-state index in [2.05, 4.69) is 22.2 Å². The molecule has 33 heavy (non-hydrogen) atoms. The van der Waals surface area contributed by atoms with Gasteiger partial charge in [-0.15, -0.1) is 0 Å². The minimum atomic E-state index is -0.0225. The lowest BCUT2D eigenvalue weighted by Crippen LogP contribution is -2.32. The Balaban J connectivity index is 1.39. The number of carbonyl (C=O) groups excluding carboxylic acids is 1. The minimum Gasteiger partial charge on any atom is -0.368 e. The monoisotopic (exact) mass is 461 g/mol. The van der Waals surface area contributed by atoms with Crippen molar-refractivity contribution >= 4 is 29.3 Å². The molecule has 1 aliphatic heterocycles. The molecule has 1 atom stereocenters. The van der Waals surface area contributed by atoms with Crippen LogP contribution < -0.4 is 10.6 Å². The van der Waals surface area contributed by atoms with Gasteiger partial charge in [-0.25, -0.2) is 14.8 Å². The average molecular weight is 462 g/mol. The molecule has 1 fully saturated rings. The molecule has 2 aromatic heterocycles. The number of amides is 2. The summed E-state index contributed by atoms with van der Waals surface area (Å²) in [6, 6.07) is 9.16. The summed E-state index contributed by atoms with van der Waals surface area (Å²) in [5, 5.41) is 5.38. The quantitative estimate of drug-likeness (QED) is 0.605. The number of anilines is 2. The molecule has 1 saturated heterocycles. The van der Waals surface area contributed by atoms with Crippen LogP contribution in [0.25, 0.3) is 11.4 Å². The van der Waals surface area contributed by atoms with E-state index >= 15 is 0 Å². The van der Waals surface area contributed by atoms with Crippen LogP contribution in [0.5, 0.6) is 0 Å². The number of carbonyl (C=O) groups is 1. The van der Waals surface area contributed by atoms with Crippen molar-refractivity contribution in [3.8, 4) is 11.4 Å². The van der Waals surface area contributed by atoms with Gasteiger partial charge in [-0.3, -0.25) is 14.5 Å². The van der Waals surface area contributed by atoms with Crippen molar-refractivity contribution < 1.29 is 4.79 Å². The number of aromatic nitrogens is 4. The highest BCUT2D eigenvalue weighted by Crippen LogP contribution is 2.36. The third-order valence-corrected chi connectivity index (χ3v) is 6.24. The van der Waals surface area contributed by atoms with E-state index in [-0.39, 0.29) is 17.9 Å². The lowest BCUT2D eigenvalue weighted by molar-refractivity contribution is 0.229. The van der Waals surface area contributed by atoms with Gasteiger partial charge >= 0.3 is 6.03 Å². The average Bonchev–Trinajstić information content (AvgIpc) is 3.44. The van der Waals surface area contributed by atoms with Gasteiger partial charge in [0.1, 0.15) is 5.69 Å². The Morgan fingerprint density at radius 3 is 2.70 bits per heavy atom. The molecule has 3 heterocycles. The van der Waals surface area contributed by atoms with E-state index in [1.165, 1.54) is 0 Å². The largest absolute Gasteiger partial charge is 0.368 e. The predicted molar refractivity (Wildman–Crippen MR) is 129 cm³/mol. The summed E-state index contributed by atoms with van der Waals surface area (Å²) in [4.78, 5) is 25.2. The fraction of sp³-hybridized carbons (Fsp3) is 0.250. The summed E-state index contributed by atoms with van der Waals surface area (Å²) in [6.07, 6.45) is 10.6. The number of urea groups is 1. The van der Waals surface area contributed by atoms with Gasteiger partial charge in [0.15, 0.2) is 0 Å². The fourth-order valence-corrected chi connectivity index (χ4v) is 4.44. The van der Waals surface area contributed by atoms with E-state index in [0.29, 0.717) is 30.2 Å². The lowest BCUT2D eigenvalue weighted by atomic mass is 9.90. The summed E-state index contributed by atoms with van der Waals surface area (Å²) in [7, 11) is 0. The highest BCUT2D eigenvalue weighted by molar-refractivity contribution is 6.30. The third kappa shape index (κ3) is 4.09. The van der Waals surface area contributed by atoms with Crippen LogP contribution >= 0.6 is 11.6 Å². The molecule has 1 unspecified atom stereocenters. The summed E-state index contributed by atoms with van der Waals surface area (Å²) in [5.74, 6) is 0.281. The van der Waals surface area contributed by atoms with Gasteiger partial charge in [0, 0.05) is 59.9 Å². The molecule has 2 amide bonds. The van der Waals surface area contributed by atoms with Crippen LogP contribution in [-0.4, -0.2) is 43.8 Å². The van der Waals surface area contributed by atoms with Crippen molar-refractivity contribution in [2.45, 2.75) is 25.8 Å². The van der Waals surface area contributed by atoms with Crippen molar-refractivity contribution in [1.29, 1.82) is 0 Å². The summed E-state index contributed by atoms with van der Waals surface area (Å²) in [5.41, 5.74) is 10.2. The normalized spacial score (nSPS) is 18.2. The molecule has 0 spiro atoms. The Bertz CT molecular complexity index is 1250. The molecule has 9 heteroatoms. The Hall–Kier alpha value is -3.65. The molecule has 0 saturated carbocycles. The molecule has 5 rings (SSSR count). The van der Waals surface area contributed by atoms with Crippen molar-refractivity contribution in [1.82, 2.24) is 24.6 Å². The Morgan fingerprint density at radius 1 is 1.15 bits per heavy atom. The lowest BCUT2D eigenvalue weighted by Gasteiger charge is -2.26. The van der Waals surface area contributed by atoms with Crippen LogP contribution in [0, 0.1) is 0 Å². The van der Waals surface area contributed by atoms with Gasteiger partial charge in [-0.2, -0.15) is 5.10 Å². The summed E-state index contributed by atoms with van der Waals surface area (Å²) in [6.45, 7) is 4.06. The number of aryl methyl sites for hydroxylation is 1. The number of nitrogens with zero attached hydrogens (tertiary/aromatic N) is 6. The van der Waals surface area contributed by atoms with Crippen molar-refractivity contribution in [2.24, 2.45) is 0 Å². The fourth-order valence-electron chi connectivity index (χ4n) is 4.31. The summed E-state index contributed by atoms with van der Waals surface area (Å²) >= 11 is 6.00. The molecule has 1 aliphatic carbocycles. The second kappa shape index (κ2) is 8.71. The number of hydrogen-bond acceptors (Lipinski definition) is 5. The number of halogens is 1. The van der Waals surface area contributed by atoms with E-state index in [1.54, 1.807) is 23.2 Å². The van der Waals surface area contributed by atoms with Gasteiger partial charge in [-0.1, -0.05) is 23.8 Å². The van der Waals surface area contributed by atoms with Crippen molar-refractivity contribution in [3.05, 3.63) is 77.2 Å². The number of benzene rings is 1. The molecular formula is C24H24ClN7O. The summed E-state index contributed by atoms with van der Waals surface area (Å²) < 4.78 is 1.90. The van der Waals surface area contributed by atoms with Gasteiger partial charge in [0.05, 0.1) is 5.69 Å². The van der Waals surface area contributed by atoms with Crippen LogP contribution in [0.15, 0.2) is 66.7 Å². The molecule has 3 aromatic rings.